The van der Waals surface area contributed by atoms with Gasteiger partial charge in [0.2, 0.25) is 5.91 Å². The van der Waals surface area contributed by atoms with E-state index in [1.54, 1.807) is 0 Å². The highest BCUT2D eigenvalue weighted by Crippen LogP contribution is 2.21. The van der Waals surface area contributed by atoms with Crippen molar-refractivity contribution in [2.45, 2.75) is 46.1 Å². The highest BCUT2D eigenvalue weighted by molar-refractivity contribution is 7.99. The molecule has 2 N–H and O–H groups in total. The van der Waals surface area contributed by atoms with Crippen LogP contribution in [0, 0.1) is 5.41 Å². The smallest absolute Gasteiger partial charge is 0.242 e. The molecule has 0 aromatic heterocycles. The molecule has 1 aliphatic heterocycles. The zero-order chi connectivity index (χ0) is 15.2. The molecule has 126 valence electrons. The Morgan fingerprint density at radius 3 is 2.33 bits per heavy atom. The highest BCUT2D eigenvalue weighted by atomic mass is 35.5. The van der Waals surface area contributed by atoms with Crippen LogP contribution < -0.4 is 5.32 Å². The number of aliphatic hydroxyl groups is 1. The minimum Gasteiger partial charge on any atom is -0.396 e. The summed E-state index contributed by atoms with van der Waals surface area (Å²) >= 11 is 1.91. The van der Waals surface area contributed by atoms with Crippen molar-refractivity contribution >= 4 is 30.1 Å². The fourth-order valence-electron chi connectivity index (χ4n) is 2.38. The summed E-state index contributed by atoms with van der Waals surface area (Å²) in [4.78, 5) is 14.8. The van der Waals surface area contributed by atoms with Crippen LogP contribution in [0.5, 0.6) is 0 Å². The summed E-state index contributed by atoms with van der Waals surface area (Å²) in [7, 11) is 0. The van der Waals surface area contributed by atoms with Crippen LogP contribution in [0.3, 0.4) is 0 Å². The molecule has 1 unspecified atom stereocenters. The van der Waals surface area contributed by atoms with Crippen molar-refractivity contribution in [1.82, 2.24) is 10.2 Å². The van der Waals surface area contributed by atoms with Crippen molar-refractivity contribution < 1.29 is 9.90 Å². The van der Waals surface area contributed by atoms with Crippen molar-refractivity contribution in [2.75, 3.05) is 37.7 Å². The minimum absolute atomic E-state index is 0. The number of nitrogens with zero attached hydrogens (tertiary/aromatic N) is 1. The van der Waals surface area contributed by atoms with E-state index in [-0.39, 0.29) is 30.3 Å². The van der Waals surface area contributed by atoms with Gasteiger partial charge in [0.25, 0.3) is 0 Å². The van der Waals surface area contributed by atoms with Crippen molar-refractivity contribution in [2.24, 2.45) is 5.41 Å². The molecular formula is C15H31ClN2O2S. The van der Waals surface area contributed by atoms with Crippen LogP contribution in [-0.2, 0) is 4.79 Å². The van der Waals surface area contributed by atoms with Gasteiger partial charge in [0.1, 0.15) is 0 Å². The number of thioether (sulfide) groups is 1. The van der Waals surface area contributed by atoms with E-state index in [2.05, 4.69) is 12.2 Å². The monoisotopic (exact) mass is 338 g/mol. The Kier molecular flexibility index (Phi) is 9.25. The van der Waals surface area contributed by atoms with Crippen LogP contribution in [0.4, 0.5) is 0 Å². The number of halogens is 1. The van der Waals surface area contributed by atoms with Crippen LogP contribution in [0.2, 0.25) is 0 Å². The second-order valence-corrected chi connectivity index (χ2v) is 7.89. The van der Waals surface area contributed by atoms with E-state index < -0.39 is 5.54 Å². The van der Waals surface area contributed by atoms with Gasteiger partial charge in [-0.25, -0.2) is 0 Å². The molecule has 1 aliphatic rings. The third-order valence-corrected chi connectivity index (χ3v) is 4.85. The number of hydrogen-bond donors (Lipinski definition) is 2. The van der Waals surface area contributed by atoms with Gasteiger partial charge in [-0.2, -0.15) is 11.8 Å². The summed E-state index contributed by atoms with van der Waals surface area (Å²) in [5.74, 6) is 2.29. The van der Waals surface area contributed by atoms with Gasteiger partial charge in [0.05, 0.1) is 5.54 Å². The predicted octanol–water partition coefficient (Wildman–Crippen LogP) is 2.15. The lowest BCUT2D eigenvalue weighted by molar-refractivity contribution is -0.138. The largest absolute Gasteiger partial charge is 0.396 e. The predicted molar refractivity (Wildman–Crippen MR) is 93.3 cm³/mol. The molecule has 1 rings (SSSR count). The molecule has 1 heterocycles. The van der Waals surface area contributed by atoms with Gasteiger partial charge in [0, 0.05) is 43.2 Å². The molecule has 0 saturated carbocycles. The summed E-state index contributed by atoms with van der Waals surface area (Å²) in [6.07, 6.45) is 1.80. The fraction of sp³-hybridized carbons (Fsp3) is 0.933. The normalized spacial score (nSPS) is 18.8. The van der Waals surface area contributed by atoms with Gasteiger partial charge in [-0.1, -0.05) is 27.2 Å². The molecule has 4 nitrogen and oxygen atoms in total. The first kappa shape index (κ1) is 21.0. The van der Waals surface area contributed by atoms with E-state index in [4.69, 9.17) is 0 Å². The van der Waals surface area contributed by atoms with Crippen molar-refractivity contribution in [3.63, 3.8) is 0 Å². The number of carbonyl (C=O) groups is 1. The van der Waals surface area contributed by atoms with Crippen LogP contribution in [0.25, 0.3) is 0 Å². The fourth-order valence-corrected chi connectivity index (χ4v) is 3.28. The van der Waals surface area contributed by atoms with Gasteiger partial charge < -0.3 is 15.3 Å². The van der Waals surface area contributed by atoms with Crippen LogP contribution in [0.15, 0.2) is 0 Å². The molecule has 1 fully saturated rings. The average molecular weight is 339 g/mol. The van der Waals surface area contributed by atoms with E-state index in [1.807, 2.05) is 37.4 Å². The first-order valence-electron chi connectivity index (χ1n) is 7.58. The van der Waals surface area contributed by atoms with Gasteiger partial charge in [-0.15, -0.1) is 12.4 Å². The van der Waals surface area contributed by atoms with Crippen LogP contribution >= 0.6 is 24.2 Å². The quantitative estimate of drug-likeness (QED) is 0.747. The van der Waals surface area contributed by atoms with Crippen LogP contribution in [0.1, 0.15) is 40.5 Å². The maximum absolute atomic E-state index is 12.8. The Balaban J connectivity index is 0.00000400. The van der Waals surface area contributed by atoms with Gasteiger partial charge >= 0.3 is 0 Å². The Hall–Kier alpha value is 0.0300. The summed E-state index contributed by atoms with van der Waals surface area (Å²) < 4.78 is 0. The van der Waals surface area contributed by atoms with Gasteiger partial charge in [-0.05, 0) is 13.3 Å². The number of rotatable bonds is 7. The number of carbonyl (C=O) groups excluding carboxylic acids is 1. The lowest BCUT2D eigenvalue weighted by atomic mass is 9.89. The molecule has 6 heteroatoms. The molecule has 0 aromatic rings. The van der Waals surface area contributed by atoms with Crippen molar-refractivity contribution in [1.29, 1.82) is 0 Å². The van der Waals surface area contributed by atoms with Gasteiger partial charge in [0.15, 0.2) is 0 Å². The Labute approximate surface area is 139 Å². The van der Waals surface area contributed by atoms with E-state index in [0.717, 1.165) is 37.4 Å². The zero-order valence-corrected chi connectivity index (χ0v) is 15.4. The highest BCUT2D eigenvalue weighted by Gasteiger charge is 2.37. The lowest BCUT2D eigenvalue weighted by Crippen LogP contribution is -2.59. The molecule has 1 amide bonds. The van der Waals surface area contributed by atoms with Crippen molar-refractivity contribution in [3.05, 3.63) is 0 Å². The van der Waals surface area contributed by atoms with E-state index in [1.165, 1.54) is 0 Å². The summed E-state index contributed by atoms with van der Waals surface area (Å²) in [5, 5.41) is 12.8. The summed E-state index contributed by atoms with van der Waals surface area (Å²) in [6.45, 7) is 10.6. The van der Waals surface area contributed by atoms with Gasteiger partial charge in [-0.3, -0.25) is 4.79 Å². The molecule has 0 spiro atoms. The van der Waals surface area contributed by atoms with E-state index in [9.17, 15) is 9.90 Å². The first-order chi connectivity index (χ1) is 9.34. The number of amides is 1. The Morgan fingerprint density at radius 1 is 1.29 bits per heavy atom. The number of aliphatic hydroxyl groups excluding tert-OH is 1. The minimum atomic E-state index is -0.511. The zero-order valence-electron chi connectivity index (χ0n) is 13.8. The standard InChI is InChI=1S/C15H30N2O2S.ClH/c1-5-6-15(4,16-11-14(2,3)12-18)13(19)17-7-9-20-10-8-17;/h16,18H,5-12H2,1-4H3;1H. The lowest BCUT2D eigenvalue weighted by Gasteiger charge is -2.38. The number of nitrogens with one attached hydrogen (secondary N) is 1. The molecule has 0 aromatic carbocycles. The maximum atomic E-state index is 12.8. The Morgan fingerprint density at radius 2 is 1.86 bits per heavy atom. The Bertz CT molecular complexity index is 323. The molecule has 1 atom stereocenters. The first-order valence-corrected chi connectivity index (χ1v) is 8.73. The topological polar surface area (TPSA) is 52.6 Å². The summed E-state index contributed by atoms with van der Waals surface area (Å²) in [6, 6.07) is 0. The molecular weight excluding hydrogens is 308 g/mol. The average Bonchev–Trinajstić information content (AvgIpc) is 2.46. The number of hydrogen-bond acceptors (Lipinski definition) is 4. The molecule has 0 bridgehead atoms. The van der Waals surface area contributed by atoms with E-state index >= 15 is 0 Å². The SMILES string of the molecule is CCCC(C)(NCC(C)(C)CO)C(=O)N1CCSCC1.Cl. The third kappa shape index (κ3) is 6.35. The maximum Gasteiger partial charge on any atom is 0.242 e. The van der Waals surface area contributed by atoms with Crippen molar-refractivity contribution in [3.8, 4) is 0 Å². The second-order valence-electron chi connectivity index (χ2n) is 6.66. The van der Waals surface area contributed by atoms with Crippen LogP contribution in [-0.4, -0.2) is 59.2 Å². The molecule has 21 heavy (non-hydrogen) atoms. The molecule has 0 aliphatic carbocycles. The molecule has 1 saturated heterocycles. The summed E-state index contributed by atoms with van der Waals surface area (Å²) in [5.41, 5.74) is -0.712. The third-order valence-electron chi connectivity index (χ3n) is 3.91. The van der Waals surface area contributed by atoms with E-state index in [0.29, 0.717) is 6.54 Å². The second kappa shape index (κ2) is 9.23. The molecule has 0 radical (unpaired) electrons.